The van der Waals surface area contributed by atoms with Crippen LogP contribution < -0.4 is 0 Å². The van der Waals surface area contributed by atoms with E-state index < -0.39 is 0 Å². The Morgan fingerprint density at radius 2 is 0.700 bits per heavy atom. The first-order valence-corrected chi connectivity index (χ1v) is 10.1. The third-order valence-electron chi connectivity index (χ3n) is 4.71. The van der Waals surface area contributed by atoms with Gasteiger partial charge in [-0.05, 0) is 51.6 Å². The molecule has 143 valence electrons. The summed E-state index contributed by atoms with van der Waals surface area (Å²) < 4.78 is 0. The second-order valence-electron chi connectivity index (χ2n) is 7.06. The lowest BCUT2D eigenvalue weighted by atomic mass is 10.0. The Morgan fingerprint density at radius 3 is 1.10 bits per heavy atom. The van der Waals surface area contributed by atoms with Crippen LogP contribution in [-0.2, 0) is 0 Å². The highest BCUT2D eigenvalue weighted by atomic mass is 14.0. The number of benzene rings is 4. The fourth-order valence-electron chi connectivity index (χ4n) is 3.17. The molecule has 0 heterocycles. The second-order valence-corrected chi connectivity index (χ2v) is 7.06. The molecule has 4 rings (SSSR count). The van der Waals surface area contributed by atoms with Crippen LogP contribution in [0.4, 0.5) is 0 Å². The summed E-state index contributed by atoms with van der Waals surface area (Å²) in [5.74, 6) is 0. The van der Waals surface area contributed by atoms with Crippen molar-refractivity contribution in [2.75, 3.05) is 0 Å². The first-order chi connectivity index (χ1) is 14.8. The van der Waals surface area contributed by atoms with Gasteiger partial charge in [-0.1, -0.05) is 127 Å². The van der Waals surface area contributed by atoms with Gasteiger partial charge in [0.25, 0.3) is 0 Å². The summed E-state index contributed by atoms with van der Waals surface area (Å²) in [5.41, 5.74) is 6.81. The zero-order valence-corrected chi connectivity index (χ0v) is 16.8. The molecule has 0 nitrogen and oxygen atoms in total. The summed E-state index contributed by atoms with van der Waals surface area (Å²) in [7, 11) is 0. The lowest BCUT2D eigenvalue weighted by molar-refractivity contribution is 1.57. The third-order valence-corrected chi connectivity index (χ3v) is 4.71. The summed E-state index contributed by atoms with van der Waals surface area (Å²) in [6.45, 7) is 0. The molecule has 0 fully saturated rings. The van der Waals surface area contributed by atoms with Crippen molar-refractivity contribution < 1.29 is 0 Å². The van der Waals surface area contributed by atoms with E-state index in [0.29, 0.717) is 0 Å². The Labute approximate surface area is 179 Å². The quantitative estimate of drug-likeness (QED) is 0.296. The van der Waals surface area contributed by atoms with Crippen molar-refractivity contribution in [2.24, 2.45) is 0 Å². The van der Waals surface area contributed by atoms with E-state index in [9.17, 15) is 0 Å². The molecule has 0 spiro atoms. The molecule has 0 aliphatic rings. The summed E-state index contributed by atoms with van der Waals surface area (Å²) in [4.78, 5) is 0. The minimum Gasteiger partial charge on any atom is -0.0622 e. The van der Waals surface area contributed by atoms with Crippen molar-refractivity contribution in [3.8, 4) is 0 Å². The fourth-order valence-corrected chi connectivity index (χ4v) is 3.17. The molecule has 4 aromatic carbocycles. The number of hydrogen-bond acceptors (Lipinski definition) is 0. The first-order valence-electron chi connectivity index (χ1n) is 10.1. The van der Waals surface area contributed by atoms with E-state index >= 15 is 0 Å². The van der Waals surface area contributed by atoms with E-state index in [0.717, 1.165) is 16.7 Å². The van der Waals surface area contributed by atoms with Crippen molar-refractivity contribution >= 4 is 36.5 Å². The van der Waals surface area contributed by atoms with Crippen molar-refractivity contribution in [1.82, 2.24) is 0 Å². The van der Waals surface area contributed by atoms with E-state index in [2.05, 4.69) is 127 Å². The summed E-state index contributed by atoms with van der Waals surface area (Å²) in [6, 6.07) is 38.9. The molecule has 0 heteroatoms. The number of hydrogen-bond donors (Lipinski definition) is 0. The maximum atomic E-state index is 3.52. The maximum Gasteiger partial charge on any atom is -0.00264 e. The van der Waals surface area contributed by atoms with Crippen LogP contribution in [0, 0.1) is 6.07 Å². The van der Waals surface area contributed by atoms with Gasteiger partial charge in [-0.25, -0.2) is 0 Å². The van der Waals surface area contributed by atoms with Crippen LogP contribution in [-0.4, -0.2) is 0 Å². The molecule has 0 unspecified atom stereocenters. The maximum absolute atomic E-state index is 3.52. The van der Waals surface area contributed by atoms with E-state index in [1.54, 1.807) is 0 Å². The van der Waals surface area contributed by atoms with Gasteiger partial charge in [-0.15, -0.1) is 0 Å². The highest BCUT2D eigenvalue weighted by Crippen LogP contribution is 2.18. The zero-order chi connectivity index (χ0) is 20.4. The van der Waals surface area contributed by atoms with Gasteiger partial charge in [0.1, 0.15) is 0 Å². The Hall–Kier alpha value is -3.90. The largest absolute Gasteiger partial charge is 0.0622 e. The van der Waals surface area contributed by atoms with Crippen molar-refractivity contribution in [3.63, 3.8) is 0 Å². The molecule has 4 aromatic rings. The monoisotopic (exact) mass is 383 g/mol. The molecule has 30 heavy (non-hydrogen) atoms. The average molecular weight is 384 g/mol. The molecule has 0 saturated carbocycles. The summed E-state index contributed by atoms with van der Waals surface area (Å²) in [5, 5.41) is 0. The third kappa shape index (κ3) is 5.80. The Kier molecular flexibility index (Phi) is 6.50. The molecule has 0 N–H and O–H groups in total. The van der Waals surface area contributed by atoms with Gasteiger partial charge in [-0.2, -0.15) is 0 Å². The molecule has 0 bridgehead atoms. The van der Waals surface area contributed by atoms with Crippen LogP contribution in [0.2, 0.25) is 0 Å². The van der Waals surface area contributed by atoms with Gasteiger partial charge in [0.2, 0.25) is 0 Å². The lowest BCUT2D eigenvalue weighted by Crippen LogP contribution is -1.83. The molecule has 0 aliphatic heterocycles. The normalized spacial score (nSPS) is 11.6. The Morgan fingerprint density at radius 1 is 0.367 bits per heavy atom. The zero-order valence-electron chi connectivity index (χ0n) is 16.8. The van der Waals surface area contributed by atoms with Gasteiger partial charge in [0.05, 0.1) is 0 Å². The van der Waals surface area contributed by atoms with Gasteiger partial charge >= 0.3 is 0 Å². The fraction of sp³-hybridized carbons (Fsp3) is 0. The predicted octanol–water partition coefficient (Wildman–Crippen LogP) is 8.00. The summed E-state index contributed by atoms with van der Waals surface area (Å²) >= 11 is 0. The molecule has 0 atom stereocenters. The molecule has 0 amide bonds. The van der Waals surface area contributed by atoms with Crippen LogP contribution >= 0.6 is 0 Å². The average Bonchev–Trinajstić information content (AvgIpc) is 2.82. The number of rotatable bonds is 6. The molecule has 1 radical (unpaired) electrons. The molecular formula is C30H23. The van der Waals surface area contributed by atoms with E-state index in [4.69, 9.17) is 0 Å². The van der Waals surface area contributed by atoms with Crippen LogP contribution in [0.3, 0.4) is 0 Å². The molecular weight excluding hydrogens is 360 g/mol. The van der Waals surface area contributed by atoms with Crippen molar-refractivity contribution in [1.29, 1.82) is 0 Å². The molecule has 0 saturated heterocycles. The van der Waals surface area contributed by atoms with Crippen LogP contribution in [0.25, 0.3) is 36.5 Å². The van der Waals surface area contributed by atoms with Gasteiger partial charge in [0, 0.05) is 0 Å². The van der Waals surface area contributed by atoms with Gasteiger partial charge < -0.3 is 0 Å². The van der Waals surface area contributed by atoms with Crippen LogP contribution in [0.15, 0.2) is 103 Å². The Bertz CT molecular complexity index is 985. The highest BCUT2D eigenvalue weighted by molar-refractivity contribution is 5.78. The first kappa shape index (κ1) is 19.4. The summed E-state index contributed by atoms with van der Waals surface area (Å²) in [6.07, 6.45) is 12.8. The van der Waals surface area contributed by atoms with E-state index in [1.165, 1.54) is 16.7 Å². The predicted molar refractivity (Wildman–Crippen MR) is 131 cm³/mol. The Balaban J connectivity index is 1.65. The van der Waals surface area contributed by atoms with Gasteiger partial charge in [-0.3, -0.25) is 0 Å². The van der Waals surface area contributed by atoms with Crippen molar-refractivity contribution in [2.45, 2.75) is 0 Å². The van der Waals surface area contributed by atoms with Crippen molar-refractivity contribution in [3.05, 3.63) is 143 Å². The second kappa shape index (κ2) is 10.0. The standard InChI is InChI=1S/C30H23/c1-4-10-25(11-5-1)16-19-28-22-29(20-17-26-12-6-2-7-13-26)24-30(23-28)21-18-27-14-8-3-9-15-27/h1-23H/b19-16+,20-17+,21-18+. The SMILES string of the molecule is [c]1c(/C=C/c2ccccc2)cc(/C=C/c2ccccc2)cc1/C=C/c1ccccc1. The minimum atomic E-state index is 1.06. The van der Waals surface area contributed by atoms with E-state index in [-0.39, 0.29) is 0 Å². The van der Waals surface area contributed by atoms with Crippen LogP contribution in [0.5, 0.6) is 0 Å². The minimum absolute atomic E-state index is 1.06. The lowest BCUT2D eigenvalue weighted by Gasteiger charge is -2.02. The topological polar surface area (TPSA) is 0 Å². The smallest absolute Gasteiger partial charge is 0.00264 e. The molecule has 0 aliphatic carbocycles. The van der Waals surface area contributed by atoms with E-state index in [1.807, 2.05) is 18.2 Å². The molecule has 0 aromatic heterocycles. The highest BCUT2D eigenvalue weighted by Gasteiger charge is 1.98. The van der Waals surface area contributed by atoms with Gasteiger partial charge in [0.15, 0.2) is 0 Å². The van der Waals surface area contributed by atoms with Crippen LogP contribution in [0.1, 0.15) is 33.4 Å².